The number of rotatable bonds is 66. The van der Waals surface area contributed by atoms with Crippen LogP contribution in [0.25, 0.3) is 0 Å². The highest BCUT2D eigenvalue weighted by Gasteiger charge is 2.41. The summed E-state index contributed by atoms with van der Waals surface area (Å²) in [6.45, 7) is 9.95. The zero-order valence-electron chi connectivity index (χ0n) is 81.2. The molecule has 0 bridgehead atoms. The Morgan fingerprint density at radius 1 is 0.308 bits per heavy atom. The molecule has 0 unspecified atom stereocenters. The van der Waals surface area contributed by atoms with Gasteiger partial charge in [0, 0.05) is 56.6 Å². The van der Waals surface area contributed by atoms with E-state index in [9.17, 15) is 122 Å². The van der Waals surface area contributed by atoms with E-state index in [4.69, 9.17) is 34.1 Å². The SMILES string of the molecule is CC(C)C[C@H](NC(=O)[C@H](Cc1ccc(O)cc1)NC(=O)[C@H](CC(=O)O)NC(=O)[C@H](CC(N)=O)NC(=O)[C@H](CC(=O)O)NC(=O)[C@H](Cc1ccc(O)cc1)NC(=O)[C@H](Cc1ccc(O)cc1)NC(=O)[C@H](CC(C)C)NC(=O)[C@H](Cc1ccc(O)cc1)NC(=O)[C@H](CCCCN)NC(=O)[C@H](CS)NC(=O)[C@H](CCC(=O)O)NC(=O)[C@H](CCC(N)=O)NC(=O)[C@@H](NC(=O)[C@@H](N)CCCNC(=N)N)C(C)C)C(=O)N[C@@H](CS)C(=O)O. The second-order valence-corrected chi connectivity index (χ2v) is 36.4. The summed E-state index contributed by atoms with van der Waals surface area (Å²) in [5.74, 6) is -30.4. The van der Waals surface area contributed by atoms with Crippen LogP contribution in [0.4, 0.5) is 0 Å². The number of nitrogens with two attached hydrogens (primary N) is 5. The Hall–Kier alpha value is -15.2. The summed E-state index contributed by atoms with van der Waals surface area (Å²) < 4.78 is 0. The zero-order valence-corrected chi connectivity index (χ0v) is 83.0. The monoisotopic (exact) mass is 2090 g/mol. The van der Waals surface area contributed by atoms with Crippen molar-refractivity contribution in [3.05, 3.63) is 119 Å². The van der Waals surface area contributed by atoms with Crippen molar-refractivity contribution in [3.8, 4) is 23.0 Å². The first kappa shape index (κ1) is 123. The number of hydrogen-bond acceptors (Lipinski definition) is 30. The highest BCUT2D eigenvalue weighted by molar-refractivity contribution is 7.80. The second kappa shape index (κ2) is 62.4. The number of carboxylic acids is 4. The van der Waals surface area contributed by atoms with Gasteiger partial charge in [-0.05, 0) is 153 Å². The fourth-order valence-electron chi connectivity index (χ4n) is 14.4. The van der Waals surface area contributed by atoms with Crippen LogP contribution >= 0.6 is 25.3 Å². The highest BCUT2D eigenvalue weighted by atomic mass is 32.1. The number of phenols is 4. The number of primary amides is 2. The van der Waals surface area contributed by atoms with Crippen LogP contribution in [0.5, 0.6) is 23.0 Å². The largest absolute Gasteiger partial charge is 0.508 e. The Morgan fingerprint density at radius 3 is 0.890 bits per heavy atom. The average Bonchev–Trinajstić information content (AvgIpc) is 0.868. The summed E-state index contributed by atoms with van der Waals surface area (Å²) in [5, 5.41) is 127. The smallest absolute Gasteiger partial charge is 0.327 e. The van der Waals surface area contributed by atoms with Crippen LogP contribution in [0.3, 0.4) is 0 Å². The van der Waals surface area contributed by atoms with E-state index in [-0.39, 0.29) is 121 Å². The lowest BCUT2D eigenvalue weighted by Gasteiger charge is -2.29. The van der Waals surface area contributed by atoms with Crippen molar-refractivity contribution in [2.45, 2.75) is 254 Å². The first-order valence-electron chi connectivity index (χ1n) is 46.6. The van der Waals surface area contributed by atoms with Crippen LogP contribution in [0, 0.1) is 23.2 Å². The van der Waals surface area contributed by atoms with Gasteiger partial charge in [-0.2, -0.15) is 25.3 Å². The molecule has 0 aliphatic rings. The maximum Gasteiger partial charge on any atom is 0.327 e. The first-order chi connectivity index (χ1) is 68.7. The van der Waals surface area contributed by atoms with Crippen LogP contribution in [-0.4, -0.2) is 292 Å². The minimum atomic E-state index is -2.32. The molecule has 802 valence electrons. The van der Waals surface area contributed by atoms with E-state index >= 15 is 19.2 Å². The number of carbonyl (C=O) groups is 21. The first-order valence-corrected chi connectivity index (χ1v) is 47.8. The Bertz CT molecular complexity index is 5180. The van der Waals surface area contributed by atoms with Gasteiger partial charge in [-0.25, -0.2) is 4.79 Å². The van der Waals surface area contributed by atoms with Crippen molar-refractivity contribution >= 4 is 156 Å². The van der Waals surface area contributed by atoms with Crippen LogP contribution in [0.2, 0.25) is 0 Å². The molecule has 4 rings (SSSR count). The number of nitrogens with one attached hydrogen (secondary N) is 17. The summed E-state index contributed by atoms with van der Waals surface area (Å²) in [5.41, 5.74) is 29.1. The van der Waals surface area contributed by atoms with Crippen LogP contribution in [0.1, 0.15) is 154 Å². The van der Waals surface area contributed by atoms with Gasteiger partial charge in [-0.3, -0.25) is 101 Å². The number of carboxylic acid groups (broad SMARTS) is 4. The van der Waals surface area contributed by atoms with Crippen molar-refractivity contribution in [3.63, 3.8) is 0 Å². The number of amides is 17. The number of thiol groups is 2. The molecule has 0 saturated carbocycles. The summed E-state index contributed by atoms with van der Waals surface area (Å²) in [6.07, 6.45) is -8.23. The minimum absolute atomic E-state index is 0.0628. The number of benzene rings is 4. The molecule has 4 aromatic carbocycles. The molecule has 4 aromatic rings. The minimum Gasteiger partial charge on any atom is -0.508 e. The molecule has 146 heavy (non-hydrogen) atoms. The van der Waals surface area contributed by atoms with Gasteiger partial charge in [-0.15, -0.1) is 0 Å². The molecule has 16 atom stereocenters. The molecule has 0 aromatic heterocycles. The van der Waals surface area contributed by atoms with Gasteiger partial charge in [0.2, 0.25) is 100 Å². The third kappa shape index (κ3) is 45.6. The summed E-state index contributed by atoms with van der Waals surface area (Å²) in [6, 6.07) is -7.89. The number of phenolic OH excluding ortho intramolecular Hbond substituents is 4. The quantitative estimate of drug-likeness (QED) is 0.00848. The van der Waals surface area contributed by atoms with E-state index in [0.29, 0.717) is 0 Å². The van der Waals surface area contributed by atoms with Gasteiger partial charge >= 0.3 is 23.9 Å². The van der Waals surface area contributed by atoms with Crippen LogP contribution in [0.15, 0.2) is 97.1 Å². The number of guanidine groups is 1. The zero-order chi connectivity index (χ0) is 109. The fourth-order valence-corrected chi connectivity index (χ4v) is 14.9. The van der Waals surface area contributed by atoms with Gasteiger partial charge < -0.3 is 155 Å². The molecule has 53 heteroatoms. The van der Waals surface area contributed by atoms with E-state index in [1.54, 1.807) is 41.5 Å². The number of unbranched alkanes of at least 4 members (excludes halogenated alkanes) is 1. The molecular formula is C93H134N22O29S2. The average molecular weight is 2090 g/mol. The topological polar surface area (TPSA) is 867 Å². The van der Waals surface area contributed by atoms with Crippen molar-refractivity contribution in [1.29, 1.82) is 5.41 Å². The lowest BCUT2D eigenvalue weighted by atomic mass is 9.99. The summed E-state index contributed by atoms with van der Waals surface area (Å²) in [4.78, 5) is 291. The number of hydrogen-bond donors (Lipinski definition) is 32. The molecule has 0 radical (unpaired) electrons. The molecule has 0 fully saturated rings. The normalized spacial score (nSPS) is 14.4. The Kier molecular flexibility index (Phi) is 52.6. The summed E-state index contributed by atoms with van der Waals surface area (Å²) in [7, 11) is 0. The van der Waals surface area contributed by atoms with Crippen molar-refractivity contribution < 1.29 is 142 Å². The fraction of sp³-hybridized carbons (Fsp3) is 0.505. The second-order valence-electron chi connectivity index (χ2n) is 35.7. The molecule has 0 heterocycles. The van der Waals surface area contributed by atoms with Gasteiger partial charge in [-0.1, -0.05) is 90.1 Å². The Labute approximate surface area is 850 Å². The van der Waals surface area contributed by atoms with E-state index in [0.717, 1.165) is 0 Å². The van der Waals surface area contributed by atoms with E-state index in [1.807, 2.05) is 0 Å². The number of aliphatic carboxylic acids is 4. The number of carbonyl (C=O) groups excluding carboxylic acids is 17. The van der Waals surface area contributed by atoms with E-state index in [2.05, 4.69) is 110 Å². The maximum absolute atomic E-state index is 15.3. The van der Waals surface area contributed by atoms with Crippen LogP contribution < -0.4 is 114 Å². The molecular weight excluding hydrogens is 1950 g/mol. The predicted molar refractivity (Wildman–Crippen MR) is 529 cm³/mol. The number of aromatic hydroxyl groups is 4. The highest BCUT2D eigenvalue weighted by Crippen LogP contribution is 2.21. The van der Waals surface area contributed by atoms with Gasteiger partial charge in [0.15, 0.2) is 5.96 Å². The Balaban J connectivity index is 1.73. The lowest BCUT2D eigenvalue weighted by Crippen LogP contribution is -2.62. The molecule has 17 amide bonds. The lowest BCUT2D eigenvalue weighted by molar-refractivity contribution is -0.142. The van der Waals surface area contributed by atoms with Gasteiger partial charge in [0.1, 0.15) is 114 Å². The molecule has 0 spiro atoms. The van der Waals surface area contributed by atoms with E-state index < -0.39 is 309 Å². The van der Waals surface area contributed by atoms with Gasteiger partial charge in [0.05, 0.1) is 25.3 Å². The molecule has 35 N–H and O–H groups in total. The molecule has 0 saturated heterocycles. The van der Waals surface area contributed by atoms with Gasteiger partial charge in [0.25, 0.3) is 0 Å². The van der Waals surface area contributed by atoms with Crippen molar-refractivity contribution in [2.75, 3.05) is 24.6 Å². The third-order valence-corrected chi connectivity index (χ3v) is 22.9. The predicted octanol–water partition coefficient (Wildman–Crippen LogP) is -5.58. The maximum atomic E-state index is 15.3. The Morgan fingerprint density at radius 2 is 0.589 bits per heavy atom. The third-order valence-electron chi connectivity index (χ3n) is 22.2. The summed E-state index contributed by atoms with van der Waals surface area (Å²) >= 11 is 8.25. The molecule has 0 aliphatic carbocycles. The molecule has 0 aliphatic heterocycles. The molecule has 51 nitrogen and oxygen atoms in total. The van der Waals surface area contributed by atoms with E-state index in [1.165, 1.54) is 97.1 Å². The standard InChI is InChI=1S/C93H134N22O29S2/c1-45(2)34-60(104-83(134)62(36-48-12-20-52(116)21-13-48)106-78(129)57(11-7-8-32-94)101-90(141)69(43-145)113-80(131)59(29-31-73(122)123)102-79(130)58(28-30-71(96)120)103-91(142)76(47(5)6)115-77(128)56(95)10-9-33-100-93(98)99)81(132)107-64(38-50-16-24-54(118)25-17-50)85(136)108-65(39-51-18-26-55(119)27-19-51)86(137)111-68(42-75(126)127)89(140)110-66(40-72(97)121)87(138)112-67(41-74(124)125)88(139)109-63(37-49-14-22-53(117)23-15-49)84(135)105-61(35-46(3)4)82(133)114-70(44-146)92(143)144/h12-27,45-47,56-70,76,116-119,145-146H,7-11,28-44,94-95H2,1-6H3,(H2,96,120)(H2,97,121)(H,101,141)(H,102,130)(H,103,142)(H,104,134)(H,105,135)(H,106,129)(H,107,132)(H,108,136)(H,109,139)(H,110,140)(H,111,137)(H,112,138)(H,113,131)(H,114,133)(H,115,128)(H,122,123)(H,124,125)(H,126,127)(H,143,144)(H4,98,99,100)/t56-,57-,58-,59-,60-,61-,62-,63-,64-,65-,66-,67-,68-,69-,70-,76-/m0/s1. The van der Waals surface area contributed by atoms with Crippen LogP contribution in [-0.2, 0) is 126 Å². The van der Waals surface area contributed by atoms with Crippen molar-refractivity contribution in [1.82, 2.24) is 85.1 Å². The van der Waals surface area contributed by atoms with Crippen molar-refractivity contribution in [2.24, 2.45) is 46.4 Å².